The Hall–Kier alpha value is -2.56. The molecule has 2 N–H and O–H groups in total. The van der Waals surface area contributed by atoms with Crippen molar-refractivity contribution in [2.45, 2.75) is 17.2 Å². The van der Waals surface area contributed by atoms with E-state index in [1.807, 2.05) is 0 Å². The van der Waals surface area contributed by atoms with E-state index in [4.69, 9.17) is 22.1 Å². The first kappa shape index (κ1) is 20.7. The van der Waals surface area contributed by atoms with Crippen molar-refractivity contribution in [3.05, 3.63) is 64.2 Å². The third-order valence-electron chi connectivity index (χ3n) is 5.38. The fraction of sp³-hybridized carbons (Fsp3) is 0.316. The largest absolute Gasteiger partial charge is 0.377 e. The number of nitrogens with two attached hydrogens (primary N) is 1. The summed E-state index contributed by atoms with van der Waals surface area (Å²) in [4.78, 5) is 20.9. The molecular weight excluding hydrogens is 435 g/mol. The van der Waals surface area contributed by atoms with Crippen molar-refractivity contribution in [3.63, 3.8) is 0 Å². The molecule has 2 aromatic rings. The predicted octanol–water partition coefficient (Wildman–Crippen LogP) is 1.48. The number of pyridine rings is 1. The molecule has 4 rings (SSSR count). The SMILES string of the molecule is CN1C(N)=N[C@@]2(c3cc(CC(=O)c4ccc(Cl)cn4)ccc3F)COC[C@H]2S1(=O)=O. The van der Waals surface area contributed by atoms with Gasteiger partial charge in [0.25, 0.3) is 0 Å². The van der Waals surface area contributed by atoms with Gasteiger partial charge >= 0.3 is 0 Å². The number of aliphatic imine (C=N–C) groups is 1. The number of halogens is 2. The predicted molar refractivity (Wildman–Crippen MR) is 108 cm³/mol. The maximum Gasteiger partial charge on any atom is 0.245 e. The van der Waals surface area contributed by atoms with Crippen molar-refractivity contribution >= 4 is 33.4 Å². The molecule has 1 fully saturated rings. The van der Waals surface area contributed by atoms with Crippen LogP contribution >= 0.6 is 11.6 Å². The highest BCUT2D eigenvalue weighted by Gasteiger charge is 2.58. The van der Waals surface area contributed by atoms with Gasteiger partial charge in [-0.05, 0) is 29.8 Å². The number of nitrogens with zero attached hydrogens (tertiary/aromatic N) is 3. The van der Waals surface area contributed by atoms with Crippen LogP contribution in [0.5, 0.6) is 0 Å². The van der Waals surface area contributed by atoms with Gasteiger partial charge in [-0.2, -0.15) is 0 Å². The second-order valence-electron chi connectivity index (χ2n) is 7.19. The molecule has 0 unspecified atom stereocenters. The molecule has 30 heavy (non-hydrogen) atoms. The van der Waals surface area contributed by atoms with Crippen molar-refractivity contribution < 1.29 is 22.3 Å². The van der Waals surface area contributed by atoms with Gasteiger partial charge in [0.15, 0.2) is 5.78 Å². The number of fused-ring (bicyclic) bond motifs is 1. The second-order valence-corrected chi connectivity index (χ2v) is 9.77. The average Bonchev–Trinajstić information content (AvgIpc) is 3.14. The van der Waals surface area contributed by atoms with E-state index < -0.39 is 26.6 Å². The Morgan fingerprint density at radius 3 is 2.87 bits per heavy atom. The molecule has 0 aliphatic carbocycles. The number of ketones is 1. The number of benzene rings is 1. The Morgan fingerprint density at radius 2 is 2.17 bits per heavy atom. The van der Waals surface area contributed by atoms with Gasteiger partial charge in [-0.25, -0.2) is 22.1 Å². The molecule has 0 spiro atoms. The zero-order valence-electron chi connectivity index (χ0n) is 15.9. The summed E-state index contributed by atoms with van der Waals surface area (Å²) in [5.74, 6) is -1.19. The monoisotopic (exact) mass is 452 g/mol. The summed E-state index contributed by atoms with van der Waals surface area (Å²) in [6.07, 6.45) is 1.31. The number of hydrogen-bond acceptors (Lipinski definition) is 7. The molecule has 8 nitrogen and oxygen atoms in total. The first-order valence-electron chi connectivity index (χ1n) is 8.99. The topological polar surface area (TPSA) is 115 Å². The van der Waals surface area contributed by atoms with Crippen molar-refractivity contribution in [1.29, 1.82) is 0 Å². The molecule has 11 heteroatoms. The average molecular weight is 453 g/mol. The van der Waals surface area contributed by atoms with Crippen molar-refractivity contribution in [3.8, 4) is 0 Å². The number of sulfonamides is 1. The zero-order valence-corrected chi connectivity index (χ0v) is 17.5. The molecule has 0 amide bonds. The normalized spacial score (nSPS) is 25.0. The lowest BCUT2D eigenvalue weighted by molar-refractivity contribution is 0.0988. The highest BCUT2D eigenvalue weighted by atomic mass is 35.5. The molecule has 3 heterocycles. The number of ether oxygens (including phenoxy) is 1. The van der Waals surface area contributed by atoms with E-state index >= 15 is 0 Å². The minimum Gasteiger partial charge on any atom is -0.377 e. The number of hydrogen-bond donors (Lipinski definition) is 1. The van der Waals surface area contributed by atoms with Crippen LogP contribution in [0.25, 0.3) is 0 Å². The summed E-state index contributed by atoms with van der Waals surface area (Å²) in [5.41, 5.74) is 5.05. The van der Waals surface area contributed by atoms with Crippen molar-refractivity contribution in [2.24, 2.45) is 10.7 Å². The van der Waals surface area contributed by atoms with Gasteiger partial charge in [0, 0.05) is 25.2 Å². The summed E-state index contributed by atoms with van der Waals surface area (Å²) >= 11 is 5.79. The first-order chi connectivity index (χ1) is 14.1. The van der Waals surface area contributed by atoms with Crippen LogP contribution in [-0.2, 0) is 26.7 Å². The third kappa shape index (κ3) is 3.24. The molecule has 1 aromatic carbocycles. The number of Topliss-reactive ketones (excluding diaryl/α,β-unsaturated/α-hetero) is 1. The van der Waals surface area contributed by atoms with Crippen LogP contribution in [-0.4, -0.2) is 55.0 Å². The fourth-order valence-corrected chi connectivity index (χ4v) is 5.53. The standard InChI is InChI=1S/C19H18ClFN4O4S/c1-25-18(22)24-19(10-29-9-17(19)30(25,27)28)13-6-11(2-4-14(13)21)7-16(26)15-5-3-12(20)8-23-15/h2-6,8,17H,7,9-10H2,1H3,(H2,22,24)/t17-,19-/m1/s1. The van der Waals surface area contributed by atoms with Gasteiger partial charge in [0.2, 0.25) is 16.0 Å². The third-order valence-corrected chi connectivity index (χ3v) is 7.80. The van der Waals surface area contributed by atoms with E-state index in [1.54, 1.807) is 6.07 Å². The van der Waals surface area contributed by atoms with Gasteiger partial charge in [0.1, 0.15) is 22.3 Å². The number of carbonyl (C=O) groups is 1. The molecule has 0 radical (unpaired) electrons. The fourth-order valence-electron chi connectivity index (χ4n) is 3.73. The Labute approximate surface area is 177 Å². The lowest BCUT2D eigenvalue weighted by Crippen LogP contribution is -2.57. The van der Waals surface area contributed by atoms with E-state index in [0.717, 1.165) is 4.31 Å². The lowest BCUT2D eigenvalue weighted by atomic mass is 9.87. The van der Waals surface area contributed by atoms with Gasteiger partial charge in [-0.1, -0.05) is 17.7 Å². The molecule has 1 saturated heterocycles. The number of carbonyl (C=O) groups excluding carboxylic acids is 1. The van der Waals surface area contributed by atoms with E-state index in [9.17, 15) is 17.6 Å². The minimum absolute atomic E-state index is 0.0268. The highest BCUT2D eigenvalue weighted by Crippen LogP contribution is 2.43. The summed E-state index contributed by atoms with van der Waals surface area (Å²) in [6, 6.07) is 7.16. The van der Waals surface area contributed by atoms with Gasteiger partial charge < -0.3 is 10.5 Å². The molecule has 158 valence electrons. The molecule has 2 aliphatic rings. The van der Waals surface area contributed by atoms with Crippen molar-refractivity contribution in [1.82, 2.24) is 9.29 Å². The summed E-state index contributed by atoms with van der Waals surface area (Å²) in [5, 5.41) is -0.721. The van der Waals surface area contributed by atoms with Crippen LogP contribution in [0.3, 0.4) is 0 Å². The maximum absolute atomic E-state index is 14.9. The lowest BCUT2D eigenvalue weighted by Gasteiger charge is -2.38. The van der Waals surface area contributed by atoms with E-state index in [2.05, 4.69) is 9.98 Å². The van der Waals surface area contributed by atoms with Gasteiger partial charge in [0.05, 0.1) is 18.2 Å². The number of aromatic nitrogens is 1. The summed E-state index contributed by atoms with van der Waals surface area (Å²) in [7, 11) is -2.61. The van der Waals surface area contributed by atoms with Crippen LogP contribution in [0.4, 0.5) is 4.39 Å². The molecule has 2 aliphatic heterocycles. The van der Waals surface area contributed by atoms with Crippen molar-refractivity contribution in [2.75, 3.05) is 20.3 Å². The zero-order chi connectivity index (χ0) is 21.7. The van der Waals surface area contributed by atoms with E-state index in [-0.39, 0.29) is 42.6 Å². The molecule has 0 saturated carbocycles. The summed E-state index contributed by atoms with van der Waals surface area (Å²) in [6.45, 7) is -0.279. The Morgan fingerprint density at radius 1 is 1.40 bits per heavy atom. The Bertz CT molecular complexity index is 1160. The van der Waals surface area contributed by atoms with E-state index in [0.29, 0.717) is 10.6 Å². The van der Waals surface area contributed by atoms with Gasteiger partial charge in [-0.15, -0.1) is 0 Å². The number of rotatable bonds is 4. The molecular formula is C19H18ClFN4O4S. The highest BCUT2D eigenvalue weighted by molar-refractivity contribution is 7.90. The maximum atomic E-state index is 14.9. The van der Waals surface area contributed by atoms with E-state index in [1.165, 1.54) is 37.5 Å². The van der Waals surface area contributed by atoms with Crippen LogP contribution in [0.2, 0.25) is 5.02 Å². The minimum atomic E-state index is -3.90. The van der Waals surface area contributed by atoms with Crippen LogP contribution < -0.4 is 5.73 Å². The Kier molecular flexibility index (Phi) is 5.03. The molecule has 0 bridgehead atoms. The Balaban J connectivity index is 1.75. The van der Waals surface area contributed by atoms with Crippen LogP contribution in [0.1, 0.15) is 21.6 Å². The van der Waals surface area contributed by atoms with Gasteiger partial charge in [-0.3, -0.25) is 9.78 Å². The first-order valence-corrected chi connectivity index (χ1v) is 10.9. The second kappa shape index (κ2) is 7.29. The summed E-state index contributed by atoms with van der Waals surface area (Å²) < 4.78 is 46.9. The number of guanidine groups is 1. The smallest absolute Gasteiger partial charge is 0.245 e. The van der Waals surface area contributed by atoms with Crippen LogP contribution in [0.15, 0.2) is 41.5 Å². The molecule has 2 atom stereocenters. The quantitative estimate of drug-likeness (QED) is 0.703. The van der Waals surface area contributed by atoms with Crippen LogP contribution in [0, 0.1) is 5.82 Å². The molecule has 1 aromatic heterocycles.